The van der Waals surface area contributed by atoms with Crippen molar-refractivity contribution in [3.63, 3.8) is 0 Å². The molecule has 1 aliphatic carbocycles. The predicted octanol–water partition coefficient (Wildman–Crippen LogP) is 1.23. The Hall–Kier alpha value is -0.790. The van der Waals surface area contributed by atoms with Crippen molar-refractivity contribution in [3.8, 4) is 0 Å². The summed E-state index contributed by atoms with van der Waals surface area (Å²) in [6.45, 7) is 2.11. The van der Waals surface area contributed by atoms with Crippen LogP contribution in [0.4, 0.5) is 0 Å². The number of carbonyl (C=O) groups is 1. The van der Waals surface area contributed by atoms with E-state index in [1.165, 1.54) is 18.4 Å². The summed E-state index contributed by atoms with van der Waals surface area (Å²) in [5.41, 5.74) is 1.39. The minimum atomic E-state index is 0.297. The Bertz CT molecular complexity index is 151. The molecular formula is C8H13NO. The molecule has 0 saturated heterocycles. The minimum Gasteiger partial charge on any atom is -0.352 e. The van der Waals surface area contributed by atoms with Crippen LogP contribution in [-0.4, -0.2) is 12.5 Å². The van der Waals surface area contributed by atoms with E-state index in [1.54, 1.807) is 0 Å². The number of allylic oxidation sites excluding steroid dienone is 1. The Balaban J connectivity index is 2.45. The van der Waals surface area contributed by atoms with Crippen LogP contribution in [0.5, 0.6) is 0 Å². The molecule has 10 heavy (non-hydrogen) atoms. The first-order valence-electron chi connectivity index (χ1n) is 3.70. The van der Waals surface area contributed by atoms with Crippen LogP contribution in [0.2, 0.25) is 0 Å². The first-order valence-corrected chi connectivity index (χ1v) is 3.70. The fraction of sp³-hybridized carbons (Fsp3) is 0.625. The van der Waals surface area contributed by atoms with Crippen LogP contribution in [0, 0.1) is 0 Å². The Morgan fingerprint density at radius 3 is 3.20 bits per heavy atom. The maximum absolute atomic E-state index is 10.0. The molecule has 1 amide bonds. The minimum absolute atomic E-state index is 0.297. The first-order chi connectivity index (χ1) is 4.83. The van der Waals surface area contributed by atoms with Gasteiger partial charge in [-0.25, -0.2) is 0 Å². The smallest absolute Gasteiger partial charge is 0.207 e. The molecular weight excluding hydrogens is 126 g/mol. The van der Waals surface area contributed by atoms with Gasteiger partial charge < -0.3 is 5.32 Å². The average Bonchev–Trinajstić information content (AvgIpc) is 1.88. The molecule has 1 rings (SSSR count). The molecule has 1 unspecified atom stereocenters. The lowest BCUT2D eigenvalue weighted by Gasteiger charge is -2.17. The fourth-order valence-corrected chi connectivity index (χ4v) is 1.33. The van der Waals surface area contributed by atoms with E-state index in [-0.39, 0.29) is 0 Å². The average molecular weight is 139 g/mol. The number of hydrogen-bond donors (Lipinski definition) is 1. The zero-order valence-electron chi connectivity index (χ0n) is 6.26. The van der Waals surface area contributed by atoms with Crippen molar-refractivity contribution < 1.29 is 4.79 Å². The van der Waals surface area contributed by atoms with Gasteiger partial charge in [-0.1, -0.05) is 11.6 Å². The number of hydrogen-bond acceptors (Lipinski definition) is 1. The molecule has 0 saturated carbocycles. The normalized spacial score (nSPS) is 25.3. The van der Waals surface area contributed by atoms with E-state index in [0.717, 1.165) is 12.8 Å². The Morgan fingerprint density at radius 2 is 2.60 bits per heavy atom. The quantitative estimate of drug-likeness (QED) is 0.452. The molecule has 0 aliphatic heterocycles. The molecule has 56 valence electrons. The summed E-state index contributed by atoms with van der Waals surface area (Å²) < 4.78 is 0. The number of rotatable bonds is 2. The van der Waals surface area contributed by atoms with Crippen LogP contribution in [0.15, 0.2) is 11.6 Å². The number of nitrogens with one attached hydrogen (secondary N) is 1. The van der Waals surface area contributed by atoms with Crippen molar-refractivity contribution in [1.29, 1.82) is 0 Å². The summed E-state index contributed by atoms with van der Waals surface area (Å²) in [5, 5.41) is 2.76. The van der Waals surface area contributed by atoms with Gasteiger partial charge >= 0.3 is 0 Å². The highest BCUT2D eigenvalue weighted by Gasteiger charge is 2.08. The highest BCUT2D eigenvalue weighted by molar-refractivity contribution is 5.47. The second-order valence-electron chi connectivity index (χ2n) is 2.80. The molecule has 0 spiro atoms. The monoisotopic (exact) mass is 139 g/mol. The largest absolute Gasteiger partial charge is 0.352 e. The highest BCUT2D eigenvalue weighted by atomic mass is 16.1. The molecule has 0 bridgehead atoms. The lowest BCUT2D eigenvalue weighted by molar-refractivity contribution is -0.109. The van der Waals surface area contributed by atoms with Gasteiger partial charge in [-0.3, -0.25) is 4.79 Å². The van der Waals surface area contributed by atoms with Gasteiger partial charge in [0.15, 0.2) is 0 Å². The molecule has 0 fully saturated rings. The van der Waals surface area contributed by atoms with Crippen molar-refractivity contribution in [3.05, 3.63) is 11.6 Å². The second-order valence-corrected chi connectivity index (χ2v) is 2.80. The van der Waals surface area contributed by atoms with Gasteiger partial charge in [-0.2, -0.15) is 0 Å². The van der Waals surface area contributed by atoms with Crippen LogP contribution >= 0.6 is 0 Å². The molecule has 0 heterocycles. The fourth-order valence-electron chi connectivity index (χ4n) is 1.33. The molecule has 1 N–H and O–H groups in total. The summed E-state index contributed by atoms with van der Waals surface area (Å²) in [6.07, 6.45) is 6.40. The summed E-state index contributed by atoms with van der Waals surface area (Å²) in [6, 6.07) is 0.297. The third-order valence-electron chi connectivity index (χ3n) is 1.85. The van der Waals surface area contributed by atoms with Crippen molar-refractivity contribution in [2.75, 3.05) is 0 Å². The van der Waals surface area contributed by atoms with Gasteiger partial charge in [0.2, 0.25) is 6.41 Å². The summed E-state index contributed by atoms with van der Waals surface area (Å²) in [5.74, 6) is 0. The van der Waals surface area contributed by atoms with Crippen LogP contribution in [0.25, 0.3) is 0 Å². The Morgan fingerprint density at radius 1 is 1.80 bits per heavy atom. The zero-order chi connectivity index (χ0) is 7.40. The van der Waals surface area contributed by atoms with Gasteiger partial charge in [0.25, 0.3) is 0 Å². The van der Waals surface area contributed by atoms with E-state index in [0.29, 0.717) is 6.04 Å². The molecule has 0 aromatic rings. The number of amides is 1. The molecule has 2 nitrogen and oxygen atoms in total. The highest BCUT2D eigenvalue weighted by Crippen LogP contribution is 2.16. The standard InChI is InChI=1S/C8H13NO/c1-7-3-2-4-8(5-7)9-6-10/h5-6,8H,2-4H2,1H3,(H,9,10). The van der Waals surface area contributed by atoms with Gasteiger partial charge in [0.1, 0.15) is 0 Å². The van der Waals surface area contributed by atoms with E-state index in [4.69, 9.17) is 0 Å². The van der Waals surface area contributed by atoms with Crippen molar-refractivity contribution >= 4 is 6.41 Å². The summed E-state index contributed by atoms with van der Waals surface area (Å²) in [4.78, 5) is 10.0. The van der Waals surface area contributed by atoms with Crippen LogP contribution in [0.3, 0.4) is 0 Å². The lowest BCUT2D eigenvalue weighted by Crippen LogP contribution is -2.27. The first kappa shape index (κ1) is 7.32. The summed E-state index contributed by atoms with van der Waals surface area (Å²) in [7, 11) is 0. The summed E-state index contributed by atoms with van der Waals surface area (Å²) >= 11 is 0. The SMILES string of the molecule is CC1=CC(NC=O)CCC1. The maximum atomic E-state index is 10.0. The molecule has 1 aliphatic rings. The van der Waals surface area contributed by atoms with Crippen LogP contribution in [0.1, 0.15) is 26.2 Å². The maximum Gasteiger partial charge on any atom is 0.207 e. The molecule has 0 radical (unpaired) electrons. The van der Waals surface area contributed by atoms with Gasteiger partial charge in [0.05, 0.1) is 0 Å². The topological polar surface area (TPSA) is 29.1 Å². The van der Waals surface area contributed by atoms with Crippen LogP contribution < -0.4 is 5.32 Å². The molecule has 1 atom stereocenters. The predicted molar refractivity (Wildman–Crippen MR) is 40.6 cm³/mol. The van der Waals surface area contributed by atoms with Gasteiger partial charge in [-0.15, -0.1) is 0 Å². The van der Waals surface area contributed by atoms with Crippen molar-refractivity contribution in [2.45, 2.75) is 32.2 Å². The Kier molecular flexibility index (Phi) is 2.49. The van der Waals surface area contributed by atoms with Gasteiger partial charge in [-0.05, 0) is 26.2 Å². The van der Waals surface area contributed by atoms with E-state index < -0.39 is 0 Å². The Labute approximate surface area is 61.3 Å². The molecule has 0 aromatic heterocycles. The number of carbonyl (C=O) groups excluding carboxylic acids is 1. The van der Waals surface area contributed by atoms with E-state index >= 15 is 0 Å². The van der Waals surface area contributed by atoms with E-state index in [2.05, 4.69) is 18.3 Å². The second kappa shape index (κ2) is 3.40. The zero-order valence-corrected chi connectivity index (χ0v) is 6.26. The van der Waals surface area contributed by atoms with Crippen molar-refractivity contribution in [1.82, 2.24) is 5.32 Å². The third kappa shape index (κ3) is 1.87. The van der Waals surface area contributed by atoms with Crippen LogP contribution in [-0.2, 0) is 4.79 Å². The molecule has 2 heteroatoms. The van der Waals surface area contributed by atoms with Gasteiger partial charge in [0, 0.05) is 6.04 Å². The van der Waals surface area contributed by atoms with E-state index in [1.807, 2.05) is 0 Å². The third-order valence-corrected chi connectivity index (χ3v) is 1.85. The lowest BCUT2D eigenvalue weighted by atomic mass is 9.97. The van der Waals surface area contributed by atoms with Crippen molar-refractivity contribution in [2.24, 2.45) is 0 Å². The molecule has 0 aromatic carbocycles. The van der Waals surface area contributed by atoms with E-state index in [9.17, 15) is 4.79 Å².